The zero-order valence-electron chi connectivity index (χ0n) is 14.1. The van der Waals surface area contributed by atoms with E-state index >= 15 is 0 Å². The molecule has 2 N–H and O–H groups in total. The van der Waals surface area contributed by atoms with E-state index in [0.29, 0.717) is 12.8 Å². The van der Waals surface area contributed by atoms with Crippen LogP contribution >= 0.6 is 0 Å². The van der Waals surface area contributed by atoms with Crippen molar-refractivity contribution in [3.8, 4) is 0 Å². The first-order chi connectivity index (χ1) is 11.8. The Morgan fingerprint density at radius 2 is 1.20 bits per heavy atom. The third-order valence-electron chi connectivity index (χ3n) is 3.50. The van der Waals surface area contributed by atoms with E-state index in [1.54, 1.807) is 0 Å². The molecule has 0 fully saturated rings. The fraction of sp³-hybridized carbons (Fsp3) is 0.571. The van der Waals surface area contributed by atoms with Crippen molar-refractivity contribution in [2.75, 3.05) is 23.7 Å². The monoisotopic (exact) mass is 355 g/mol. The molecule has 0 heterocycles. The molecule has 0 saturated carbocycles. The van der Waals surface area contributed by atoms with E-state index in [1.807, 2.05) is 13.8 Å². The van der Waals surface area contributed by atoms with Gasteiger partial charge in [-0.05, 0) is 12.8 Å². The van der Waals surface area contributed by atoms with Gasteiger partial charge < -0.3 is 10.6 Å². The smallest absolute Gasteiger partial charge is 0.329 e. The van der Waals surface area contributed by atoms with Crippen molar-refractivity contribution in [3.63, 3.8) is 0 Å². The van der Waals surface area contributed by atoms with Gasteiger partial charge in [0.1, 0.15) is 0 Å². The standard InChI is InChI=1S/C14H21N5O6/c1-3-5-7-15-12-10(17(20)21)9-11(18(22)23)13(14(12)19(24)25)16-8-6-4-2/h9,15-16H,3-8H2,1-2H3. The maximum Gasteiger partial charge on any atom is 0.329 e. The van der Waals surface area contributed by atoms with Crippen molar-refractivity contribution < 1.29 is 14.8 Å². The lowest BCUT2D eigenvalue weighted by atomic mass is 10.1. The quantitative estimate of drug-likeness (QED) is 0.345. The third kappa shape index (κ3) is 4.99. The van der Waals surface area contributed by atoms with Crippen molar-refractivity contribution in [1.29, 1.82) is 0 Å². The summed E-state index contributed by atoms with van der Waals surface area (Å²) in [4.78, 5) is 31.5. The van der Waals surface area contributed by atoms with E-state index in [-0.39, 0.29) is 24.5 Å². The number of anilines is 2. The fourth-order valence-electron chi connectivity index (χ4n) is 2.24. The molecule has 0 atom stereocenters. The summed E-state index contributed by atoms with van der Waals surface area (Å²) in [6, 6.07) is 0.759. The average molecular weight is 355 g/mol. The van der Waals surface area contributed by atoms with E-state index < -0.39 is 31.8 Å². The van der Waals surface area contributed by atoms with Crippen LogP contribution in [-0.4, -0.2) is 27.9 Å². The molecule has 25 heavy (non-hydrogen) atoms. The molecule has 1 aromatic rings. The Bertz CT molecular complexity index is 617. The van der Waals surface area contributed by atoms with Gasteiger partial charge in [-0.1, -0.05) is 26.7 Å². The first-order valence-electron chi connectivity index (χ1n) is 7.96. The van der Waals surface area contributed by atoms with Gasteiger partial charge in [-0.15, -0.1) is 0 Å². The summed E-state index contributed by atoms with van der Waals surface area (Å²) in [6.07, 6.45) is 2.85. The second-order valence-corrected chi connectivity index (χ2v) is 5.35. The molecule has 11 heteroatoms. The Labute approximate surface area is 143 Å². The van der Waals surface area contributed by atoms with Crippen LogP contribution in [0.4, 0.5) is 28.4 Å². The van der Waals surface area contributed by atoms with Gasteiger partial charge in [-0.3, -0.25) is 30.3 Å². The topological polar surface area (TPSA) is 153 Å². The van der Waals surface area contributed by atoms with Gasteiger partial charge in [0.25, 0.3) is 0 Å². The molecule has 0 radical (unpaired) electrons. The van der Waals surface area contributed by atoms with Crippen LogP contribution in [0, 0.1) is 30.3 Å². The van der Waals surface area contributed by atoms with Gasteiger partial charge >= 0.3 is 17.1 Å². The van der Waals surface area contributed by atoms with E-state index in [1.165, 1.54) is 0 Å². The van der Waals surface area contributed by atoms with Gasteiger partial charge in [0.05, 0.1) is 20.8 Å². The molecule has 138 valence electrons. The Hall–Kier alpha value is -2.98. The number of nitrogens with one attached hydrogen (secondary N) is 2. The number of nitrogens with zero attached hydrogens (tertiary/aromatic N) is 3. The molecule has 0 bridgehead atoms. The lowest BCUT2D eigenvalue weighted by molar-refractivity contribution is -0.400. The highest BCUT2D eigenvalue weighted by molar-refractivity contribution is 5.90. The van der Waals surface area contributed by atoms with Crippen molar-refractivity contribution in [1.82, 2.24) is 0 Å². The van der Waals surface area contributed by atoms with Gasteiger partial charge in [0.15, 0.2) is 11.4 Å². The third-order valence-corrected chi connectivity index (χ3v) is 3.50. The van der Waals surface area contributed by atoms with Crippen molar-refractivity contribution >= 4 is 28.4 Å². The maximum atomic E-state index is 11.5. The summed E-state index contributed by atoms with van der Waals surface area (Å²) < 4.78 is 0. The minimum Gasteiger partial charge on any atom is -0.374 e. The second-order valence-electron chi connectivity index (χ2n) is 5.35. The van der Waals surface area contributed by atoms with Gasteiger partial charge in [-0.2, -0.15) is 0 Å². The largest absolute Gasteiger partial charge is 0.374 e. The Balaban J connectivity index is 3.58. The first kappa shape index (κ1) is 20.1. The molecule has 11 nitrogen and oxygen atoms in total. The summed E-state index contributed by atoms with van der Waals surface area (Å²) in [5.74, 6) is 0. The van der Waals surface area contributed by atoms with Crippen LogP contribution in [0.2, 0.25) is 0 Å². The zero-order chi connectivity index (χ0) is 19.0. The summed E-state index contributed by atoms with van der Waals surface area (Å²) in [6.45, 7) is 4.37. The number of rotatable bonds is 11. The lowest BCUT2D eigenvalue weighted by Crippen LogP contribution is -2.12. The highest BCUT2D eigenvalue weighted by atomic mass is 16.6. The van der Waals surface area contributed by atoms with Crippen LogP contribution in [0.1, 0.15) is 39.5 Å². The minimum absolute atomic E-state index is 0.282. The Morgan fingerprint density at radius 1 is 0.800 bits per heavy atom. The molecule has 0 unspecified atom stereocenters. The Kier molecular flexibility index (Phi) is 7.50. The normalized spacial score (nSPS) is 10.3. The molecule has 0 saturated heterocycles. The summed E-state index contributed by atoms with van der Waals surface area (Å²) in [5, 5.41) is 39.5. The van der Waals surface area contributed by atoms with Gasteiger partial charge in [0, 0.05) is 13.1 Å². The van der Waals surface area contributed by atoms with Gasteiger partial charge in [-0.25, -0.2) is 0 Å². The number of hydrogen-bond donors (Lipinski definition) is 2. The van der Waals surface area contributed by atoms with E-state index in [4.69, 9.17) is 0 Å². The predicted octanol–water partition coefficient (Wildman–Crippen LogP) is 3.84. The zero-order valence-corrected chi connectivity index (χ0v) is 14.1. The highest BCUT2D eigenvalue weighted by Gasteiger charge is 2.36. The van der Waals surface area contributed by atoms with E-state index in [9.17, 15) is 30.3 Å². The van der Waals surface area contributed by atoms with Crippen molar-refractivity contribution in [2.45, 2.75) is 39.5 Å². The highest BCUT2D eigenvalue weighted by Crippen LogP contribution is 2.46. The minimum atomic E-state index is -0.857. The summed E-state index contributed by atoms with van der Waals surface area (Å²) in [5.41, 5.74) is -2.67. The van der Waals surface area contributed by atoms with E-state index in [2.05, 4.69) is 10.6 Å². The van der Waals surface area contributed by atoms with Crippen LogP contribution in [-0.2, 0) is 0 Å². The molecule has 1 rings (SSSR count). The van der Waals surface area contributed by atoms with Crippen LogP contribution in [0.25, 0.3) is 0 Å². The summed E-state index contributed by atoms with van der Waals surface area (Å²) in [7, 11) is 0. The molecule has 0 aromatic heterocycles. The lowest BCUT2D eigenvalue weighted by Gasteiger charge is -2.12. The van der Waals surface area contributed by atoms with Crippen LogP contribution in [0.15, 0.2) is 6.07 Å². The van der Waals surface area contributed by atoms with Crippen molar-refractivity contribution in [2.24, 2.45) is 0 Å². The number of unbranched alkanes of at least 4 members (excludes halogenated alkanes) is 2. The number of benzene rings is 1. The number of hydrogen-bond acceptors (Lipinski definition) is 8. The molecular formula is C14H21N5O6. The molecule has 0 aliphatic heterocycles. The maximum absolute atomic E-state index is 11.5. The average Bonchev–Trinajstić information content (AvgIpc) is 2.54. The Morgan fingerprint density at radius 3 is 1.48 bits per heavy atom. The summed E-state index contributed by atoms with van der Waals surface area (Å²) >= 11 is 0. The van der Waals surface area contributed by atoms with E-state index in [0.717, 1.165) is 18.9 Å². The number of nitro benzene ring substituents is 3. The second kappa shape index (κ2) is 9.35. The van der Waals surface area contributed by atoms with Gasteiger partial charge in [0.2, 0.25) is 0 Å². The molecule has 0 amide bonds. The molecule has 0 aliphatic carbocycles. The van der Waals surface area contributed by atoms with Crippen LogP contribution in [0.3, 0.4) is 0 Å². The predicted molar refractivity (Wildman–Crippen MR) is 93.2 cm³/mol. The fourth-order valence-corrected chi connectivity index (χ4v) is 2.24. The number of nitro groups is 3. The van der Waals surface area contributed by atoms with Crippen LogP contribution in [0.5, 0.6) is 0 Å². The van der Waals surface area contributed by atoms with Crippen LogP contribution < -0.4 is 10.6 Å². The molecule has 0 spiro atoms. The first-order valence-corrected chi connectivity index (χ1v) is 7.96. The SMILES string of the molecule is CCCCNc1c([N+](=O)[O-])cc([N+](=O)[O-])c(NCCCC)c1[N+](=O)[O-]. The molecule has 1 aromatic carbocycles. The van der Waals surface area contributed by atoms with Crippen molar-refractivity contribution in [3.05, 3.63) is 36.4 Å². The molecule has 0 aliphatic rings. The molecular weight excluding hydrogens is 334 g/mol.